The number of aromatic nitrogens is 2. The van der Waals surface area contributed by atoms with E-state index in [1.165, 1.54) is 12.1 Å². The standard InChI is InChI=1S/C28H29FN4O3/c1-2-15-33(26-17-23(26)19-9-11-22(29)12-10-19)16-3-4-24(28(35)36)32-27(34)21-7-5-20(6-8-21)25-18-30-13-14-31-25/h2,5-14,18,23-24,26H,1,3-4,15-17H2,(H,32,34)(H,35,36)/t23-,24?,26+/m0/s1. The fraction of sp³-hybridized carbons (Fsp3) is 0.286. The summed E-state index contributed by atoms with van der Waals surface area (Å²) in [4.78, 5) is 35.1. The maximum Gasteiger partial charge on any atom is 0.326 e. The molecule has 1 aromatic heterocycles. The first-order valence-corrected chi connectivity index (χ1v) is 12.0. The first kappa shape index (κ1) is 25.2. The van der Waals surface area contributed by atoms with Gasteiger partial charge in [-0.05, 0) is 55.6 Å². The molecule has 0 saturated heterocycles. The summed E-state index contributed by atoms with van der Waals surface area (Å²) >= 11 is 0. The molecule has 1 amide bonds. The zero-order valence-corrected chi connectivity index (χ0v) is 19.9. The molecule has 0 bridgehead atoms. The largest absolute Gasteiger partial charge is 0.480 e. The summed E-state index contributed by atoms with van der Waals surface area (Å²) in [6.45, 7) is 5.21. The van der Waals surface area contributed by atoms with Crippen LogP contribution >= 0.6 is 0 Å². The molecule has 1 unspecified atom stereocenters. The fourth-order valence-electron chi connectivity index (χ4n) is 4.45. The zero-order chi connectivity index (χ0) is 25.5. The van der Waals surface area contributed by atoms with Crippen LogP contribution in [0.1, 0.15) is 41.1 Å². The monoisotopic (exact) mass is 488 g/mol. The molecule has 1 aliphatic carbocycles. The Morgan fingerprint density at radius 1 is 1.17 bits per heavy atom. The molecule has 1 heterocycles. The molecule has 3 atom stereocenters. The van der Waals surface area contributed by atoms with E-state index in [-0.39, 0.29) is 5.82 Å². The number of nitrogens with zero attached hydrogens (tertiary/aromatic N) is 3. The van der Waals surface area contributed by atoms with E-state index in [4.69, 9.17) is 0 Å². The Balaban J connectivity index is 1.30. The second-order valence-electron chi connectivity index (χ2n) is 8.92. The summed E-state index contributed by atoms with van der Waals surface area (Å²) < 4.78 is 13.2. The third-order valence-electron chi connectivity index (χ3n) is 6.44. The fourth-order valence-corrected chi connectivity index (χ4v) is 4.45. The lowest BCUT2D eigenvalue weighted by Gasteiger charge is -2.22. The Bertz CT molecular complexity index is 1190. The van der Waals surface area contributed by atoms with Gasteiger partial charge in [0.15, 0.2) is 0 Å². The van der Waals surface area contributed by atoms with Crippen LogP contribution in [0.15, 0.2) is 79.8 Å². The van der Waals surface area contributed by atoms with Crippen LogP contribution in [0.4, 0.5) is 4.39 Å². The normalized spacial score (nSPS) is 17.4. The summed E-state index contributed by atoms with van der Waals surface area (Å²) in [5.41, 5.74) is 2.99. The van der Waals surface area contributed by atoms with E-state index < -0.39 is 17.9 Å². The van der Waals surface area contributed by atoms with Gasteiger partial charge in [-0.1, -0.05) is 30.3 Å². The van der Waals surface area contributed by atoms with Crippen molar-refractivity contribution in [3.63, 3.8) is 0 Å². The number of aliphatic carboxylic acids is 1. The van der Waals surface area contributed by atoms with E-state index in [9.17, 15) is 19.1 Å². The smallest absolute Gasteiger partial charge is 0.326 e. The lowest BCUT2D eigenvalue weighted by molar-refractivity contribution is -0.139. The van der Waals surface area contributed by atoms with Gasteiger partial charge < -0.3 is 10.4 Å². The number of carbonyl (C=O) groups excluding carboxylic acids is 1. The van der Waals surface area contributed by atoms with E-state index in [1.807, 2.05) is 18.2 Å². The molecule has 1 aliphatic rings. The van der Waals surface area contributed by atoms with E-state index in [2.05, 4.69) is 26.8 Å². The van der Waals surface area contributed by atoms with Crippen LogP contribution in [0.3, 0.4) is 0 Å². The zero-order valence-electron chi connectivity index (χ0n) is 19.9. The van der Waals surface area contributed by atoms with E-state index in [0.29, 0.717) is 49.1 Å². The third kappa shape index (κ3) is 6.40. The number of nitrogens with one attached hydrogen (secondary N) is 1. The first-order valence-electron chi connectivity index (χ1n) is 12.0. The van der Waals surface area contributed by atoms with Crippen molar-refractivity contribution in [2.24, 2.45) is 0 Å². The number of amides is 1. The van der Waals surface area contributed by atoms with Crippen molar-refractivity contribution in [1.29, 1.82) is 0 Å². The highest BCUT2D eigenvalue weighted by Gasteiger charge is 2.42. The summed E-state index contributed by atoms with van der Waals surface area (Å²) in [7, 11) is 0. The molecule has 7 nitrogen and oxygen atoms in total. The van der Waals surface area contributed by atoms with Crippen LogP contribution < -0.4 is 5.32 Å². The van der Waals surface area contributed by atoms with E-state index in [0.717, 1.165) is 17.5 Å². The quantitative estimate of drug-likeness (QED) is 0.369. The van der Waals surface area contributed by atoms with Gasteiger partial charge >= 0.3 is 5.97 Å². The highest BCUT2D eigenvalue weighted by atomic mass is 19.1. The maximum absolute atomic E-state index is 13.2. The van der Waals surface area contributed by atoms with Gasteiger partial charge in [0.1, 0.15) is 11.9 Å². The van der Waals surface area contributed by atoms with Crippen molar-refractivity contribution in [3.05, 3.63) is 96.7 Å². The molecule has 8 heteroatoms. The molecule has 2 aromatic carbocycles. The second kappa shape index (κ2) is 11.7. The number of carbonyl (C=O) groups is 2. The van der Waals surface area contributed by atoms with Crippen molar-refractivity contribution >= 4 is 11.9 Å². The highest BCUT2D eigenvalue weighted by Crippen LogP contribution is 2.44. The van der Waals surface area contributed by atoms with Crippen LogP contribution in [0.25, 0.3) is 11.3 Å². The third-order valence-corrected chi connectivity index (χ3v) is 6.44. The predicted molar refractivity (Wildman–Crippen MR) is 135 cm³/mol. The molecule has 4 rings (SSSR count). The molecular weight excluding hydrogens is 459 g/mol. The van der Waals surface area contributed by atoms with Crippen molar-refractivity contribution in [3.8, 4) is 11.3 Å². The number of carboxylic acids is 1. The van der Waals surface area contributed by atoms with Crippen LogP contribution in [0.5, 0.6) is 0 Å². The van der Waals surface area contributed by atoms with E-state index >= 15 is 0 Å². The number of hydrogen-bond donors (Lipinski definition) is 2. The molecule has 2 N–H and O–H groups in total. The molecule has 0 aliphatic heterocycles. The molecule has 0 radical (unpaired) electrons. The lowest BCUT2D eigenvalue weighted by atomic mass is 10.1. The maximum atomic E-state index is 13.2. The number of hydrogen-bond acceptors (Lipinski definition) is 5. The number of rotatable bonds is 12. The minimum Gasteiger partial charge on any atom is -0.480 e. The Kier molecular flexibility index (Phi) is 8.17. The Labute approximate surface area is 209 Å². The van der Waals surface area contributed by atoms with E-state index in [1.54, 1.807) is 42.9 Å². The molecule has 1 saturated carbocycles. The topological polar surface area (TPSA) is 95.4 Å². The van der Waals surface area contributed by atoms with Gasteiger partial charge in [0, 0.05) is 42.0 Å². The number of halogens is 1. The van der Waals surface area contributed by atoms with Gasteiger partial charge in [0.05, 0.1) is 11.9 Å². The molecular formula is C28H29FN4O3. The molecule has 0 spiro atoms. The van der Waals surface area contributed by atoms with Gasteiger partial charge in [0.2, 0.25) is 0 Å². The number of benzene rings is 2. The van der Waals surface area contributed by atoms with Gasteiger partial charge in [-0.15, -0.1) is 6.58 Å². The summed E-state index contributed by atoms with van der Waals surface area (Å²) in [5, 5.41) is 12.3. The predicted octanol–water partition coefficient (Wildman–Crippen LogP) is 4.29. The highest BCUT2D eigenvalue weighted by molar-refractivity contribution is 5.96. The summed E-state index contributed by atoms with van der Waals surface area (Å²) in [5.74, 6) is -1.41. The van der Waals surface area contributed by atoms with Crippen molar-refractivity contribution < 1.29 is 19.1 Å². The van der Waals surface area contributed by atoms with Crippen molar-refractivity contribution in [2.45, 2.75) is 37.3 Å². The Hall–Kier alpha value is -3.91. The summed E-state index contributed by atoms with van der Waals surface area (Å²) in [6, 6.07) is 12.7. The van der Waals surface area contributed by atoms with Gasteiger partial charge in [-0.25, -0.2) is 9.18 Å². The molecule has 1 fully saturated rings. The SMILES string of the molecule is C=CCN(CCCC(NC(=O)c1ccc(-c2cnccn2)cc1)C(=O)O)[C@@H]1C[C@H]1c1ccc(F)cc1. The number of carboxylic acid groups (broad SMARTS) is 1. The first-order chi connectivity index (χ1) is 17.5. The van der Waals surface area contributed by atoms with Gasteiger partial charge in [-0.3, -0.25) is 19.7 Å². The summed E-state index contributed by atoms with van der Waals surface area (Å²) in [6.07, 6.45) is 8.53. The second-order valence-corrected chi connectivity index (χ2v) is 8.92. The van der Waals surface area contributed by atoms with Crippen LogP contribution in [-0.4, -0.2) is 57.0 Å². The molecule has 186 valence electrons. The minimum atomic E-state index is -1.06. The Morgan fingerprint density at radius 2 is 1.92 bits per heavy atom. The average molecular weight is 489 g/mol. The Morgan fingerprint density at radius 3 is 2.56 bits per heavy atom. The van der Waals surface area contributed by atoms with Crippen LogP contribution in [-0.2, 0) is 4.79 Å². The lowest BCUT2D eigenvalue weighted by Crippen LogP contribution is -2.41. The molecule has 3 aromatic rings. The van der Waals surface area contributed by atoms with Gasteiger partial charge in [-0.2, -0.15) is 0 Å². The van der Waals surface area contributed by atoms with Crippen molar-refractivity contribution in [2.75, 3.05) is 13.1 Å². The van der Waals surface area contributed by atoms with Crippen molar-refractivity contribution in [1.82, 2.24) is 20.2 Å². The minimum absolute atomic E-state index is 0.248. The van der Waals surface area contributed by atoms with Gasteiger partial charge in [0.25, 0.3) is 5.91 Å². The molecule has 36 heavy (non-hydrogen) atoms. The van der Waals surface area contributed by atoms with Crippen LogP contribution in [0, 0.1) is 5.82 Å². The van der Waals surface area contributed by atoms with Crippen LogP contribution in [0.2, 0.25) is 0 Å². The average Bonchev–Trinajstić information content (AvgIpc) is 3.69.